The van der Waals surface area contributed by atoms with Gasteiger partial charge in [0.05, 0.1) is 27.6 Å². The van der Waals surface area contributed by atoms with Gasteiger partial charge in [0.25, 0.3) is 5.91 Å². The summed E-state index contributed by atoms with van der Waals surface area (Å²) in [6.45, 7) is 0.407. The number of alkyl halides is 6. The number of nitrogens with zero attached hydrogens (tertiary/aromatic N) is 1. The number of nitrogens with one attached hydrogen (secondary N) is 2. The second-order valence-electron chi connectivity index (χ2n) is 8.57. The third-order valence-electron chi connectivity index (χ3n) is 5.77. The number of anilines is 1. The number of thioether (sulfide) groups is 1. The second-order valence-corrected chi connectivity index (χ2v) is 9.99. The molecule has 2 N–H and O–H groups in total. The summed E-state index contributed by atoms with van der Waals surface area (Å²) >= 11 is 7.12. The summed E-state index contributed by atoms with van der Waals surface area (Å²) in [6, 6.07) is 14.0. The molecule has 1 heterocycles. The molecule has 4 aromatic rings. The number of carbonyl (C=O) groups is 2. The first-order chi connectivity index (χ1) is 18.8. The summed E-state index contributed by atoms with van der Waals surface area (Å²) in [4.78, 5) is 25.6. The lowest BCUT2D eigenvalue weighted by molar-refractivity contribution is -0.138. The van der Waals surface area contributed by atoms with E-state index in [1.807, 2.05) is 16.7 Å². The van der Waals surface area contributed by atoms with Gasteiger partial charge in [0.1, 0.15) is 0 Å². The van der Waals surface area contributed by atoms with Gasteiger partial charge in [0, 0.05) is 40.6 Å². The van der Waals surface area contributed by atoms with Crippen molar-refractivity contribution in [1.82, 2.24) is 9.88 Å². The number of amides is 2. The first kappa shape index (κ1) is 29.3. The van der Waals surface area contributed by atoms with Gasteiger partial charge in [-0.2, -0.15) is 26.3 Å². The van der Waals surface area contributed by atoms with E-state index in [-0.39, 0.29) is 35.1 Å². The Bertz CT molecular complexity index is 1550. The maximum Gasteiger partial charge on any atom is 0.416 e. The fourth-order valence-electron chi connectivity index (χ4n) is 3.87. The highest BCUT2D eigenvalue weighted by Crippen LogP contribution is 2.35. The number of halogens is 7. The first-order valence-corrected chi connectivity index (χ1v) is 13.0. The predicted octanol–water partition coefficient (Wildman–Crippen LogP) is 7.49. The van der Waals surface area contributed by atoms with E-state index in [4.69, 9.17) is 11.6 Å². The number of carbonyl (C=O) groups excluding carboxylic acids is 2. The van der Waals surface area contributed by atoms with E-state index in [0.29, 0.717) is 4.90 Å². The van der Waals surface area contributed by atoms with E-state index in [2.05, 4.69) is 10.6 Å². The molecule has 0 aliphatic rings. The number of benzene rings is 3. The van der Waals surface area contributed by atoms with Gasteiger partial charge in [-0.15, -0.1) is 11.8 Å². The molecule has 0 fully saturated rings. The molecule has 0 saturated carbocycles. The molecular formula is C27H20ClF6N3O2S. The van der Waals surface area contributed by atoms with E-state index in [1.165, 1.54) is 6.07 Å². The SMILES string of the molecule is O=C(CSc1cn(CCNC(=O)c2cccc(C(F)(F)F)c2)c2ccccc12)Nc1cc(C(F)(F)F)ccc1Cl. The minimum atomic E-state index is -4.59. The third kappa shape index (κ3) is 7.11. The summed E-state index contributed by atoms with van der Waals surface area (Å²) < 4.78 is 79.7. The molecule has 13 heteroatoms. The highest BCUT2D eigenvalue weighted by atomic mass is 35.5. The van der Waals surface area contributed by atoms with Crippen LogP contribution in [0.4, 0.5) is 32.0 Å². The van der Waals surface area contributed by atoms with Crippen molar-refractivity contribution < 1.29 is 35.9 Å². The average Bonchev–Trinajstić information content (AvgIpc) is 3.25. The molecule has 0 aliphatic carbocycles. The van der Waals surface area contributed by atoms with Crippen LogP contribution in [-0.4, -0.2) is 28.7 Å². The lowest BCUT2D eigenvalue weighted by Crippen LogP contribution is -2.27. The Balaban J connectivity index is 1.40. The Morgan fingerprint density at radius 3 is 2.30 bits per heavy atom. The van der Waals surface area contributed by atoms with Gasteiger partial charge < -0.3 is 15.2 Å². The first-order valence-electron chi connectivity index (χ1n) is 11.7. The fourth-order valence-corrected chi connectivity index (χ4v) is 4.92. The molecule has 210 valence electrons. The minimum Gasteiger partial charge on any atom is -0.350 e. The number of hydrogen-bond acceptors (Lipinski definition) is 3. The quantitative estimate of drug-likeness (QED) is 0.163. The zero-order chi connectivity index (χ0) is 29.1. The van der Waals surface area contributed by atoms with Crippen LogP contribution >= 0.6 is 23.4 Å². The molecule has 2 amide bonds. The summed E-state index contributed by atoms with van der Waals surface area (Å²) in [6.07, 6.45) is -7.39. The van der Waals surface area contributed by atoms with Crippen LogP contribution < -0.4 is 10.6 Å². The summed E-state index contributed by atoms with van der Waals surface area (Å²) in [5.41, 5.74) is -1.34. The van der Waals surface area contributed by atoms with Crippen molar-refractivity contribution in [2.45, 2.75) is 23.8 Å². The van der Waals surface area contributed by atoms with Crippen LogP contribution in [0, 0.1) is 0 Å². The Kier molecular flexibility index (Phi) is 8.69. The lowest BCUT2D eigenvalue weighted by atomic mass is 10.1. The van der Waals surface area contributed by atoms with E-state index in [0.717, 1.165) is 59.1 Å². The molecule has 40 heavy (non-hydrogen) atoms. The smallest absolute Gasteiger partial charge is 0.350 e. The molecule has 0 spiro atoms. The molecule has 0 aliphatic heterocycles. The Labute approximate surface area is 233 Å². The van der Waals surface area contributed by atoms with Gasteiger partial charge in [-0.05, 0) is 42.5 Å². The van der Waals surface area contributed by atoms with E-state index >= 15 is 0 Å². The van der Waals surface area contributed by atoms with Crippen molar-refractivity contribution in [3.05, 3.63) is 94.6 Å². The van der Waals surface area contributed by atoms with Crippen LogP contribution in [-0.2, 0) is 23.7 Å². The molecule has 4 rings (SSSR count). The molecule has 5 nitrogen and oxygen atoms in total. The van der Waals surface area contributed by atoms with Gasteiger partial charge in [-0.3, -0.25) is 9.59 Å². The maximum atomic E-state index is 13.0. The number of para-hydroxylation sites is 1. The minimum absolute atomic E-state index is 0.0323. The van der Waals surface area contributed by atoms with Gasteiger partial charge >= 0.3 is 12.4 Å². The molecule has 0 radical (unpaired) electrons. The van der Waals surface area contributed by atoms with Gasteiger partial charge in [-0.25, -0.2) is 0 Å². The summed E-state index contributed by atoms with van der Waals surface area (Å²) in [5.74, 6) is -1.33. The lowest BCUT2D eigenvalue weighted by Gasteiger charge is -2.11. The molecule has 1 aromatic heterocycles. The number of rotatable bonds is 8. The molecule has 0 atom stereocenters. The van der Waals surface area contributed by atoms with Crippen LogP contribution in [0.15, 0.2) is 77.8 Å². The Morgan fingerprint density at radius 2 is 1.57 bits per heavy atom. The molecule has 0 unspecified atom stereocenters. The zero-order valence-corrected chi connectivity index (χ0v) is 21.9. The maximum absolute atomic E-state index is 13.0. The normalized spacial score (nSPS) is 12.0. The molecule has 0 saturated heterocycles. The van der Waals surface area contributed by atoms with Crippen LogP contribution in [0.2, 0.25) is 5.02 Å². The number of fused-ring (bicyclic) bond motifs is 1. The van der Waals surface area contributed by atoms with Crippen LogP contribution in [0.5, 0.6) is 0 Å². The van der Waals surface area contributed by atoms with Crippen LogP contribution in [0.3, 0.4) is 0 Å². The molecule has 0 bridgehead atoms. The highest BCUT2D eigenvalue weighted by Gasteiger charge is 2.32. The van der Waals surface area contributed by atoms with Crippen molar-refractivity contribution in [1.29, 1.82) is 0 Å². The van der Waals surface area contributed by atoms with Crippen LogP contribution in [0.1, 0.15) is 21.5 Å². The highest BCUT2D eigenvalue weighted by molar-refractivity contribution is 8.00. The van der Waals surface area contributed by atoms with Crippen molar-refractivity contribution in [2.24, 2.45) is 0 Å². The summed E-state index contributed by atoms with van der Waals surface area (Å²) in [5, 5.41) is 5.79. The second kappa shape index (κ2) is 11.8. The van der Waals surface area contributed by atoms with E-state index in [1.54, 1.807) is 18.3 Å². The number of aromatic nitrogens is 1. The van der Waals surface area contributed by atoms with Crippen molar-refractivity contribution >= 4 is 51.8 Å². The summed E-state index contributed by atoms with van der Waals surface area (Å²) in [7, 11) is 0. The fraction of sp³-hybridized carbons (Fsp3) is 0.185. The van der Waals surface area contributed by atoms with Crippen LogP contribution in [0.25, 0.3) is 10.9 Å². The Morgan fingerprint density at radius 1 is 0.875 bits per heavy atom. The number of hydrogen-bond donors (Lipinski definition) is 2. The standard InChI is InChI=1S/C27H20ClF6N3O2S/c28-20-9-8-18(27(32,33)34)13-21(20)36-24(38)15-40-23-14-37(22-7-2-1-6-19(22)23)11-10-35-25(39)16-4-3-5-17(12-16)26(29,30)31/h1-9,12-14H,10-11,15H2,(H,35,39)(H,36,38). The Hall–Kier alpha value is -3.64. The van der Waals surface area contributed by atoms with E-state index in [9.17, 15) is 35.9 Å². The van der Waals surface area contributed by atoms with E-state index < -0.39 is 35.3 Å². The van der Waals surface area contributed by atoms with Gasteiger partial charge in [0.2, 0.25) is 5.91 Å². The van der Waals surface area contributed by atoms with Gasteiger partial charge in [0.15, 0.2) is 0 Å². The monoisotopic (exact) mass is 599 g/mol. The van der Waals surface area contributed by atoms with Crippen molar-refractivity contribution in [3.63, 3.8) is 0 Å². The van der Waals surface area contributed by atoms with Gasteiger partial charge in [-0.1, -0.05) is 35.9 Å². The topological polar surface area (TPSA) is 63.1 Å². The average molecular weight is 600 g/mol. The van der Waals surface area contributed by atoms with Crippen molar-refractivity contribution in [2.75, 3.05) is 17.6 Å². The molecule has 3 aromatic carbocycles. The third-order valence-corrected chi connectivity index (χ3v) is 7.14. The largest absolute Gasteiger partial charge is 0.416 e. The molecular weight excluding hydrogens is 580 g/mol. The van der Waals surface area contributed by atoms with Crippen molar-refractivity contribution in [3.8, 4) is 0 Å². The predicted molar refractivity (Wildman–Crippen MR) is 142 cm³/mol. The zero-order valence-electron chi connectivity index (χ0n) is 20.4.